The van der Waals surface area contributed by atoms with Crippen LogP contribution in [0.2, 0.25) is 0 Å². The molecule has 0 saturated carbocycles. The van der Waals surface area contributed by atoms with Gasteiger partial charge in [-0.1, -0.05) is 0 Å². The Bertz CT molecular complexity index is 504. The van der Waals surface area contributed by atoms with E-state index in [9.17, 15) is 9.59 Å². The van der Waals surface area contributed by atoms with Crippen molar-refractivity contribution < 1.29 is 19.4 Å². The maximum Gasteiger partial charge on any atom is 0.412 e. The lowest BCUT2D eigenvalue weighted by Crippen LogP contribution is -2.27. The Morgan fingerprint density at radius 3 is 2.68 bits per heavy atom. The van der Waals surface area contributed by atoms with E-state index in [0.29, 0.717) is 11.3 Å². The Labute approximate surface area is 111 Å². The molecule has 0 radical (unpaired) electrons. The molecule has 0 aliphatic heterocycles. The maximum absolute atomic E-state index is 11.6. The van der Waals surface area contributed by atoms with E-state index in [0.717, 1.165) is 6.08 Å². The summed E-state index contributed by atoms with van der Waals surface area (Å²) < 4.78 is 5.11. The number of carboxylic acid groups (broad SMARTS) is 1. The molecule has 0 aliphatic rings. The van der Waals surface area contributed by atoms with Crippen molar-refractivity contribution in [3.8, 4) is 0 Å². The van der Waals surface area contributed by atoms with Gasteiger partial charge in [0.05, 0.1) is 5.69 Å². The Morgan fingerprint density at radius 1 is 1.42 bits per heavy atom. The number of amides is 1. The molecular weight excluding hydrogens is 248 g/mol. The number of carboxylic acids is 1. The average molecular weight is 264 g/mol. The van der Waals surface area contributed by atoms with Crippen LogP contribution in [0.25, 0.3) is 6.08 Å². The Balaban J connectivity index is 2.84. The Morgan fingerprint density at radius 2 is 2.11 bits per heavy atom. The first kappa shape index (κ1) is 14.7. The highest BCUT2D eigenvalue weighted by Gasteiger charge is 2.16. The van der Waals surface area contributed by atoms with E-state index in [2.05, 4.69) is 10.3 Å². The number of hydrogen-bond donors (Lipinski definition) is 2. The fourth-order valence-corrected chi connectivity index (χ4v) is 1.23. The third-order valence-corrected chi connectivity index (χ3v) is 1.89. The summed E-state index contributed by atoms with van der Waals surface area (Å²) in [4.78, 5) is 26.0. The number of anilines is 1. The van der Waals surface area contributed by atoms with Crippen LogP contribution in [-0.4, -0.2) is 27.8 Å². The fourth-order valence-electron chi connectivity index (χ4n) is 1.23. The number of hydrogen-bond acceptors (Lipinski definition) is 4. The first-order valence-electron chi connectivity index (χ1n) is 5.63. The molecule has 1 amide bonds. The number of ether oxygens (including phenoxy) is 1. The zero-order valence-corrected chi connectivity index (χ0v) is 11.0. The van der Waals surface area contributed by atoms with Gasteiger partial charge in [-0.25, -0.2) is 9.59 Å². The predicted octanol–water partition coefficient (Wildman–Crippen LogP) is 2.53. The molecule has 102 valence electrons. The SMILES string of the molecule is CC(C)(C)OC(=O)Nc1ccncc1C=CC(=O)O. The van der Waals surface area contributed by atoms with Gasteiger partial charge in [0, 0.05) is 24.0 Å². The van der Waals surface area contributed by atoms with E-state index in [-0.39, 0.29) is 0 Å². The summed E-state index contributed by atoms with van der Waals surface area (Å²) in [6, 6.07) is 1.56. The molecule has 6 heteroatoms. The summed E-state index contributed by atoms with van der Waals surface area (Å²) in [6.45, 7) is 5.26. The van der Waals surface area contributed by atoms with Crippen molar-refractivity contribution in [3.05, 3.63) is 30.1 Å². The molecule has 0 aliphatic carbocycles. The van der Waals surface area contributed by atoms with Crippen LogP contribution in [0.3, 0.4) is 0 Å². The molecule has 1 aromatic rings. The number of aromatic nitrogens is 1. The first-order valence-corrected chi connectivity index (χ1v) is 5.63. The lowest BCUT2D eigenvalue weighted by molar-refractivity contribution is -0.131. The van der Waals surface area contributed by atoms with Gasteiger partial charge >= 0.3 is 12.1 Å². The standard InChI is InChI=1S/C13H16N2O4/c1-13(2,3)19-12(18)15-10-6-7-14-8-9(10)4-5-11(16)17/h4-8H,1-3H3,(H,16,17)(H,14,15,18). The van der Waals surface area contributed by atoms with Crippen molar-refractivity contribution in [2.24, 2.45) is 0 Å². The average Bonchev–Trinajstić information content (AvgIpc) is 2.25. The highest BCUT2D eigenvalue weighted by atomic mass is 16.6. The summed E-state index contributed by atoms with van der Waals surface area (Å²) in [5.41, 5.74) is 0.311. The van der Waals surface area contributed by atoms with E-state index in [4.69, 9.17) is 9.84 Å². The van der Waals surface area contributed by atoms with Crippen molar-refractivity contribution in [2.75, 3.05) is 5.32 Å². The molecule has 1 heterocycles. The maximum atomic E-state index is 11.6. The smallest absolute Gasteiger partial charge is 0.412 e. The summed E-state index contributed by atoms with van der Waals surface area (Å²) in [7, 11) is 0. The number of carbonyl (C=O) groups is 2. The number of carbonyl (C=O) groups excluding carboxylic acids is 1. The summed E-state index contributed by atoms with van der Waals surface area (Å²) in [6.07, 6.45) is 4.65. The van der Waals surface area contributed by atoms with Gasteiger partial charge in [-0.2, -0.15) is 0 Å². The second-order valence-corrected chi connectivity index (χ2v) is 4.76. The molecule has 0 aromatic carbocycles. The van der Waals surface area contributed by atoms with Crippen molar-refractivity contribution >= 4 is 23.8 Å². The van der Waals surface area contributed by atoms with Gasteiger partial charge in [0.15, 0.2) is 0 Å². The van der Waals surface area contributed by atoms with E-state index < -0.39 is 17.7 Å². The van der Waals surface area contributed by atoms with Gasteiger partial charge in [0.2, 0.25) is 0 Å². The topological polar surface area (TPSA) is 88.5 Å². The van der Waals surface area contributed by atoms with E-state index in [1.807, 2.05) is 0 Å². The zero-order valence-electron chi connectivity index (χ0n) is 11.0. The van der Waals surface area contributed by atoms with E-state index in [1.165, 1.54) is 18.5 Å². The summed E-state index contributed by atoms with van der Waals surface area (Å²) >= 11 is 0. The van der Waals surface area contributed by atoms with Crippen molar-refractivity contribution in [1.29, 1.82) is 0 Å². The second-order valence-electron chi connectivity index (χ2n) is 4.76. The largest absolute Gasteiger partial charge is 0.478 e. The van der Waals surface area contributed by atoms with Crippen LogP contribution in [0.5, 0.6) is 0 Å². The van der Waals surface area contributed by atoms with Gasteiger partial charge < -0.3 is 9.84 Å². The fraction of sp³-hybridized carbons (Fsp3) is 0.308. The van der Waals surface area contributed by atoms with Crippen LogP contribution in [0.1, 0.15) is 26.3 Å². The normalized spacial score (nSPS) is 11.3. The van der Waals surface area contributed by atoms with Crippen LogP contribution in [0.15, 0.2) is 24.5 Å². The number of nitrogens with zero attached hydrogens (tertiary/aromatic N) is 1. The third-order valence-electron chi connectivity index (χ3n) is 1.89. The number of aliphatic carboxylic acids is 1. The summed E-state index contributed by atoms with van der Waals surface area (Å²) in [5, 5.41) is 11.1. The monoisotopic (exact) mass is 264 g/mol. The van der Waals surface area contributed by atoms with Crippen LogP contribution < -0.4 is 5.32 Å². The predicted molar refractivity (Wildman–Crippen MR) is 70.8 cm³/mol. The Hall–Kier alpha value is -2.37. The summed E-state index contributed by atoms with van der Waals surface area (Å²) in [5.74, 6) is -1.08. The van der Waals surface area contributed by atoms with E-state index in [1.54, 1.807) is 26.8 Å². The molecule has 0 unspecified atom stereocenters. The molecule has 1 rings (SSSR count). The van der Waals surface area contributed by atoms with Crippen LogP contribution in [0.4, 0.5) is 10.5 Å². The molecule has 0 atom stereocenters. The zero-order chi connectivity index (χ0) is 14.5. The molecule has 0 saturated heterocycles. The molecule has 0 fully saturated rings. The highest BCUT2D eigenvalue weighted by Crippen LogP contribution is 2.17. The van der Waals surface area contributed by atoms with Gasteiger partial charge in [-0.15, -0.1) is 0 Å². The van der Waals surface area contributed by atoms with Crippen molar-refractivity contribution in [1.82, 2.24) is 4.98 Å². The van der Waals surface area contributed by atoms with E-state index >= 15 is 0 Å². The molecular formula is C13H16N2O4. The number of pyridine rings is 1. The second kappa shape index (κ2) is 5.99. The molecule has 0 bridgehead atoms. The van der Waals surface area contributed by atoms with Crippen molar-refractivity contribution in [2.45, 2.75) is 26.4 Å². The lowest BCUT2D eigenvalue weighted by Gasteiger charge is -2.20. The van der Waals surface area contributed by atoms with Crippen LogP contribution in [0, 0.1) is 0 Å². The minimum absolute atomic E-state index is 0.432. The quantitative estimate of drug-likeness (QED) is 0.819. The van der Waals surface area contributed by atoms with Gasteiger partial charge in [-0.3, -0.25) is 10.3 Å². The van der Waals surface area contributed by atoms with Gasteiger partial charge in [-0.05, 0) is 32.9 Å². The lowest BCUT2D eigenvalue weighted by atomic mass is 10.2. The first-order chi connectivity index (χ1) is 8.78. The molecule has 2 N–H and O–H groups in total. The molecule has 19 heavy (non-hydrogen) atoms. The van der Waals surface area contributed by atoms with Gasteiger partial charge in [0.1, 0.15) is 5.60 Å². The minimum Gasteiger partial charge on any atom is -0.478 e. The van der Waals surface area contributed by atoms with Gasteiger partial charge in [0.25, 0.3) is 0 Å². The highest BCUT2D eigenvalue weighted by molar-refractivity contribution is 5.91. The van der Waals surface area contributed by atoms with Crippen molar-refractivity contribution in [3.63, 3.8) is 0 Å². The van der Waals surface area contributed by atoms with Crippen LogP contribution in [-0.2, 0) is 9.53 Å². The third kappa shape index (κ3) is 5.67. The molecule has 1 aromatic heterocycles. The number of rotatable bonds is 3. The molecule has 6 nitrogen and oxygen atoms in total. The Kier molecular flexibility index (Phi) is 4.63. The number of nitrogens with one attached hydrogen (secondary N) is 1. The minimum atomic E-state index is -1.08. The molecule has 0 spiro atoms. The van der Waals surface area contributed by atoms with Crippen LogP contribution >= 0.6 is 0 Å².